The quantitative estimate of drug-likeness (QED) is 0.905. The number of aromatic amines is 1. The second-order valence-corrected chi connectivity index (χ2v) is 4.62. The standard InChI is InChI=1S/C12H13BrN4O2/c1-3-19-12-15-11(16-17-12)14-10(18)8-5-4-6-9(13)7(8)2/h4-6H,3H2,1-2H3,(H2,14,15,16,17,18). The molecule has 1 heterocycles. The molecule has 0 saturated carbocycles. The van der Waals surface area contributed by atoms with Gasteiger partial charge < -0.3 is 4.74 Å². The normalized spacial score (nSPS) is 10.3. The second kappa shape index (κ2) is 5.83. The lowest BCUT2D eigenvalue weighted by Gasteiger charge is -2.06. The Morgan fingerprint density at radius 2 is 2.32 bits per heavy atom. The number of nitrogens with zero attached hydrogens (tertiary/aromatic N) is 2. The van der Waals surface area contributed by atoms with Crippen LogP contribution in [0.15, 0.2) is 22.7 Å². The van der Waals surface area contributed by atoms with Crippen molar-refractivity contribution >= 4 is 27.8 Å². The number of carbonyl (C=O) groups is 1. The molecule has 0 aliphatic heterocycles. The number of amides is 1. The molecular weight excluding hydrogens is 312 g/mol. The van der Waals surface area contributed by atoms with Gasteiger partial charge in [-0.2, -0.15) is 4.98 Å². The fourth-order valence-electron chi connectivity index (χ4n) is 1.52. The Morgan fingerprint density at radius 1 is 1.53 bits per heavy atom. The minimum absolute atomic E-state index is 0.212. The van der Waals surface area contributed by atoms with Gasteiger partial charge in [-0.1, -0.05) is 22.0 Å². The van der Waals surface area contributed by atoms with Gasteiger partial charge in [-0.3, -0.25) is 10.1 Å². The molecule has 100 valence electrons. The van der Waals surface area contributed by atoms with E-state index in [4.69, 9.17) is 4.74 Å². The van der Waals surface area contributed by atoms with Gasteiger partial charge >= 0.3 is 6.01 Å². The van der Waals surface area contributed by atoms with Gasteiger partial charge in [-0.15, -0.1) is 5.10 Å². The van der Waals surface area contributed by atoms with Crippen molar-refractivity contribution < 1.29 is 9.53 Å². The lowest BCUT2D eigenvalue weighted by Crippen LogP contribution is -2.14. The molecule has 0 radical (unpaired) electrons. The summed E-state index contributed by atoms with van der Waals surface area (Å²) in [4.78, 5) is 16.1. The molecule has 2 N–H and O–H groups in total. The Hall–Kier alpha value is -1.89. The van der Waals surface area contributed by atoms with E-state index in [1.54, 1.807) is 12.1 Å². The summed E-state index contributed by atoms with van der Waals surface area (Å²) in [7, 11) is 0. The summed E-state index contributed by atoms with van der Waals surface area (Å²) in [6.07, 6.45) is 0. The summed E-state index contributed by atoms with van der Waals surface area (Å²) in [6.45, 7) is 4.17. The van der Waals surface area contributed by atoms with Crippen LogP contribution in [0.3, 0.4) is 0 Å². The average Bonchev–Trinajstić information content (AvgIpc) is 2.80. The topological polar surface area (TPSA) is 79.9 Å². The number of anilines is 1. The third-order valence-corrected chi connectivity index (χ3v) is 3.34. The fourth-order valence-corrected chi connectivity index (χ4v) is 1.89. The molecule has 7 heteroatoms. The minimum atomic E-state index is -0.252. The molecule has 2 aromatic rings. The van der Waals surface area contributed by atoms with Crippen LogP contribution in [0.25, 0.3) is 0 Å². The Labute approximate surface area is 118 Å². The smallest absolute Gasteiger partial charge is 0.337 e. The van der Waals surface area contributed by atoms with E-state index in [0.717, 1.165) is 10.0 Å². The molecule has 0 unspecified atom stereocenters. The van der Waals surface area contributed by atoms with Crippen molar-refractivity contribution in [3.05, 3.63) is 33.8 Å². The zero-order valence-electron chi connectivity index (χ0n) is 10.5. The van der Waals surface area contributed by atoms with E-state index >= 15 is 0 Å². The highest BCUT2D eigenvalue weighted by Crippen LogP contribution is 2.20. The molecule has 0 fully saturated rings. The van der Waals surface area contributed by atoms with Gasteiger partial charge in [0, 0.05) is 10.0 Å². The Kier molecular flexibility index (Phi) is 4.16. The van der Waals surface area contributed by atoms with Crippen molar-refractivity contribution in [1.29, 1.82) is 0 Å². The van der Waals surface area contributed by atoms with Crippen molar-refractivity contribution in [2.45, 2.75) is 13.8 Å². The number of hydrogen-bond donors (Lipinski definition) is 2. The first-order chi connectivity index (χ1) is 9.11. The molecule has 0 atom stereocenters. The van der Waals surface area contributed by atoms with Crippen LogP contribution in [0.4, 0.5) is 5.95 Å². The molecule has 0 spiro atoms. The Balaban J connectivity index is 2.14. The summed E-state index contributed by atoms with van der Waals surface area (Å²) in [6, 6.07) is 5.64. The Morgan fingerprint density at radius 3 is 3.05 bits per heavy atom. The highest BCUT2D eigenvalue weighted by atomic mass is 79.9. The van der Waals surface area contributed by atoms with E-state index in [-0.39, 0.29) is 17.9 Å². The van der Waals surface area contributed by atoms with E-state index in [1.807, 2.05) is 19.9 Å². The first-order valence-corrected chi connectivity index (χ1v) is 6.52. The number of ether oxygens (including phenoxy) is 1. The maximum absolute atomic E-state index is 12.1. The van der Waals surface area contributed by atoms with Gasteiger partial charge in [-0.25, -0.2) is 5.10 Å². The van der Waals surface area contributed by atoms with Gasteiger partial charge in [-0.05, 0) is 31.5 Å². The highest BCUT2D eigenvalue weighted by molar-refractivity contribution is 9.10. The van der Waals surface area contributed by atoms with E-state index in [0.29, 0.717) is 12.2 Å². The van der Waals surface area contributed by atoms with Crippen molar-refractivity contribution in [3.63, 3.8) is 0 Å². The van der Waals surface area contributed by atoms with Crippen LogP contribution < -0.4 is 10.1 Å². The molecule has 0 bridgehead atoms. The van der Waals surface area contributed by atoms with Gasteiger partial charge in [0.05, 0.1) is 6.61 Å². The van der Waals surface area contributed by atoms with Crippen molar-refractivity contribution in [1.82, 2.24) is 15.2 Å². The molecule has 0 aliphatic rings. The third kappa shape index (κ3) is 3.11. The van der Waals surface area contributed by atoms with Crippen LogP contribution in [0.5, 0.6) is 6.01 Å². The van der Waals surface area contributed by atoms with E-state index in [2.05, 4.69) is 36.4 Å². The zero-order valence-corrected chi connectivity index (χ0v) is 12.1. The number of H-pyrrole nitrogens is 1. The van der Waals surface area contributed by atoms with Gasteiger partial charge in [0.2, 0.25) is 5.95 Å². The fraction of sp³-hybridized carbons (Fsp3) is 0.250. The van der Waals surface area contributed by atoms with Gasteiger partial charge in [0.1, 0.15) is 0 Å². The lowest BCUT2D eigenvalue weighted by atomic mass is 10.1. The third-order valence-electron chi connectivity index (χ3n) is 2.48. The number of halogens is 1. The molecule has 1 aromatic carbocycles. The first kappa shape index (κ1) is 13.5. The number of carbonyl (C=O) groups excluding carboxylic acids is 1. The van der Waals surface area contributed by atoms with Crippen LogP contribution in [0.2, 0.25) is 0 Å². The maximum atomic E-state index is 12.1. The van der Waals surface area contributed by atoms with Gasteiger partial charge in [0.15, 0.2) is 0 Å². The molecule has 2 rings (SSSR count). The first-order valence-electron chi connectivity index (χ1n) is 5.73. The number of aromatic nitrogens is 3. The summed E-state index contributed by atoms with van der Waals surface area (Å²) >= 11 is 3.39. The Bertz CT molecular complexity index is 597. The highest BCUT2D eigenvalue weighted by Gasteiger charge is 2.13. The van der Waals surface area contributed by atoms with Gasteiger partial charge in [0.25, 0.3) is 5.91 Å². The summed E-state index contributed by atoms with van der Waals surface area (Å²) < 4.78 is 5.99. The molecule has 19 heavy (non-hydrogen) atoms. The van der Waals surface area contributed by atoms with E-state index < -0.39 is 0 Å². The molecule has 1 aromatic heterocycles. The number of rotatable bonds is 4. The number of nitrogens with one attached hydrogen (secondary N) is 2. The molecule has 0 saturated heterocycles. The summed E-state index contributed by atoms with van der Waals surface area (Å²) in [5.41, 5.74) is 1.44. The minimum Gasteiger partial charge on any atom is -0.463 e. The predicted molar refractivity (Wildman–Crippen MR) is 74.4 cm³/mol. The van der Waals surface area contributed by atoms with Crippen molar-refractivity contribution in [2.75, 3.05) is 11.9 Å². The lowest BCUT2D eigenvalue weighted by molar-refractivity contribution is 0.102. The van der Waals surface area contributed by atoms with Crippen molar-refractivity contribution in [2.24, 2.45) is 0 Å². The molecular formula is C12H13BrN4O2. The largest absolute Gasteiger partial charge is 0.463 e. The molecule has 1 amide bonds. The van der Waals surface area contributed by atoms with E-state index in [1.165, 1.54) is 0 Å². The predicted octanol–water partition coefficient (Wildman–Crippen LogP) is 2.53. The van der Waals surface area contributed by atoms with E-state index in [9.17, 15) is 4.79 Å². The monoisotopic (exact) mass is 324 g/mol. The summed E-state index contributed by atoms with van der Waals surface area (Å²) in [5, 5.41) is 9.04. The number of benzene rings is 1. The number of hydrogen-bond acceptors (Lipinski definition) is 4. The zero-order chi connectivity index (χ0) is 13.8. The summed E-state index contributed by atoms with van der Waals surface area (Å²) in [5.74, 6) is 0.00539. The molecule has 0 aliphatic carbocycles. The molecule has 6 nitrogen and oxygen atoms in total. The van der Waals surface area contributed by atoms with Crippen LogP contribution in [-0.4, -0.2) is 27.7 Å². The van der Waals surface area contributed by atoms with Crippen LogP contribution in [0.1, 0.15) is 22.8 Å². The second-order valence-electron chi connectivity index (χ2n) is 3.77. The van der Waals surface area contributed by atoms with Crippen LogP contribution >= 0.6 is 15.9 Å². The SMILES string of the molecule is CCOc1n[nH]c(NC(=O)c2cccc(Br)c2C)n1. The maximum Gasteiger partial charge on any atom is 0.337 e. The van der Waals surface area contributed by atoms with Crippen molar-refractivity contribution in [3.8, 4) is 6.01 Å². The van der Waals surface area contributed by atoms with Crippen LogP contribution in [-0.2, 0) is 0 Å². The average molecular weight is 325 g/mol. The van der Waals surface area contributed by atoms with Crippen LogP contribution in [0, 0.1) is 6.92 Å².